The van der Waals surface area contributed by atoms with Gasteiger partial charge in [-0.15, -0.1) is 0 Å². The number of methoxy groups -OCH3 is 3. The Hall–Kier alpha value is -2.96. The number of aliphatic imine (C=N–C) groups is 1. The van der Waals surface area contributed by atoms with E-state index in [2.05, 4.69) is 15.3 Å². The molecule has 0 saturated heterocycles. The first kappa shape index (κ1) is 19.4. The van der Waals surface area contributed by atoms with E-state index in [1.807, 2.05) is 32.0 Å². The quantitative estimate of drug-likeness (QED) is 0.583. The number of nitrogens with two attached hydrogens (primary N) is 1. The average molecular weight is 358 g/mol. The van der Waals surface area contributed by atoms with Gasteiger partial charge in [0.15, 0.2) is 17.5 Å². The van der Waals surface area contributed by atoms with Gasteiger partial charge >= 0.3 is 0 Å². The molecule has 0 unspecified atom stereocenters. The third-order valence-electron chi connectivity index (χ3n) is 4.07. The summed E-state index contributed by atoms with van der Waals surface area (Å²) >= 11 is 0. The highest BCUT2D eigenvalue weighted by Crippen LogP contribution is 2.27. The van der Waals surface area contributed by atoms with Crippen LogP contribution in [0.1, 0.15) is 22.4 Å². The van der Waals surface area contributed by atoms with E-state index in [0.717, 1.165) is 28.1 Å². The molecule has 0 aliphatic heterocycles. The molecule has 7 heteroatoms. The standard InChI is InChI=1S/C19H26N4O3/c1-12-9-21-15(13(2)18(12)26-5)11-23-19(20)22-10-14-6-7-16(24-3)17(8-14)25-4/h6-9H,10-11H2,1-5H3,(H3,20,22,23). The third kappa shape index (κ3) is 4.56. The van der Waals surface area contributed by atoms with Gasteiger partial charge in [0.05, 0.1) is 40.1 Å². The Morgan fingerprint density at radius 3 is 2.50 bits per heavy atom. The van der Waals surface area contributed by atoms with Crippen LogP contribution in [-0.4, -0.2) is 32.3 Å². The first-order chi connectivity index (χ1) is 12.5. The van der Waals surface area contributed by atoms with Gasteiger partial charge in [0.25, 0.3) is 0 Å². The van der Waals surface area contributed by atoms with Crippen LogP contribution in [0.2, 0.25) is 0 Å². The molecule has 1 heterocycles. The van der Waals surface area contributed by atoms with Crippen molar-refractivity contribution in [3.63, 3.8) is 0 Å². The van der Waals surface area contributed by atoms with Crippen LogP contribution in [0.5, 0.6) is 17.2 Å². The predicted molar refractivity (Wildman–Crippen MR) is 102 cm³/mol. The largest absolute Gasteiger partial charge is 0.496 e. The number of nitrogens with one attached hydrogen (secondary N) is 1. The summed E-state index contributed by atoms with van der Waals surface area (Å²) in [6, 6.07) is 5.65. The molecule has 3 N–H and O–H groups in total. The third-order valence-corrected chi connectivity index (χ3v) is 4.07. The van der Waals surface area contributed by atoms with Gasteiger partial charge in [-0.25, -0.2) is 4.99 Å². The number of hydrogen-bond acceptors (Lipinski definition) is 5. The second-order valence-corrected chi connectivity index (χ2v) is 5.79. The van der Waals surface area contributed by atoms with Crippen LogP contribution in [-0.2, 0) is 13.1 Å². The average Bonchev–Trinajstić information content (AvgIpc) is 2.65. The van der Waals surface area contributed by atoms with Crippen molar-refractivity contribution in [3.05, 3.63) is 46.8 Å². The maximum atomic E-state index is 5.97. The number of guanidine groups is 1. The van der Waals surface area contributed by atoms with Crippen molar-refractivity contribution >= 4 is 5.96 Å². The van der Waals surface area contributed by atoms with Crippen molar-refractivity contribution in [1.29, 1.82) is 0 Å². The summed E-state index contributed by atoms with van der Waals surface area (Å²) in [4.78, 5) is 8.79. The molecular formula is C19H26N4O3. The van der Waals surface area contributed by atoms with Crippen LogP contribution in [0.15, 0.2) is 29.4 Å². The lowest BCUT2D eigenvalue weighted by molar-refractivity contribution is 0.354. The van der Waals surface area contributed by atoms with Crippen LogP contribution in [0.3, 0.4) is 0 Å². The molecule has 2 aromatic rings. The summed E-state index contributed by atoms with van der Waals surface area (Å²) in [6.45, 7) is 4.86. The maximum absolute atomic E-state index is 5.97. The normalized spacial score (nSPS) is 11.2. The maximum Gasteiger partial charge on any atom is 0.189 e. The molecule has 26 heavy (non-hydrogen) atoms. The molecule has 1 aromatic heterocycles. The second kappa shape index (κ2) is 8.94. The molecule has 0 saturated carbocycles. The Morgan fingerprint density at radius 2 is 1.85 bits per heavy atom. The van der Waals surface area contributed by atoms with Gasteiger partial charge in [-0.2, -0.15) is 0 Å². The fourth-order valence-corrected chi connectivity index (χ4v) is 2.63. The molecule has 0 aliphatic rings. The zero-order chi connectivity index (χ0) is 19.1. The second-order valence-electron chi connectivity index (χ2n) is 5.79. The van der Waals surface area contributed by atoms with Gasteiger partial charge in [0.2, 0.25) is 0 Å². The molecular weight excluding hydrogens is 332 g/mol. The van der Waals surface area contributed by atoms with E-state index in [1.54, 1.807) is 27.5 Å². The lowest BCUT2D eigenvalue weighted by Crippen LogP contribution is -2.31. The first-order valence-electron chi connectivity index (χ1n) is 8.23. The number of hydrogen-bond donors (Lipinski definition) is 2. The van der Waals surface area contributed by atoms with Gasteiger partial charge in [-0.05, 0) is 31.5 Å². The fourth-order valence-electron chi connectivity index (χ4n) is 2.63. The van der Waals surface area contributed by atoms with Crippen LogP contribution in [0.25, 0.3) is 0 Å². The fraction of sp³-hybridized carbons (Fsp3) is 0.368. The number of aryl methyl sites for hydroxylation is 1. The Balaban J connectivity index is 2.01. The molecule has 7 nitrogen and oxygen atoms in total. The van der Waals surface area contributed by atoms with Crippen molar-refractivity contribution in [2.24, 2.45) is 10.7 Å². The van der Waals surface area contributed by atoms with Crippen molar-refractivity contribution in [2.75, 3.05) is 21.3 Å². The van der Waals surface area contributed by atoms with Gasteiger partial charge < -0.3 is 25.3 Å². The molecule has 0 radical (unpaired) electrons. The summed E-state index contributed by atoms with van der Waals surface area (Å²) in [7, 11) is 4.87. The molecule has 0 aliphatic carbocycles. The Morgan fingerprint density at radius 1 is 1.12 bits per heavy atom. The van der Waals surface area contributed by atoms with E-state index in [0.29, 0.717) is 30.5 Å². The summed E-state index contributed by atoms with van der Waals surface area (Å²) in [5.41, 5.74) is 9.81. The summed E-state index contributed by atoms with van der Waals surface area (Å²) in [5, 5.41) is 3.09. The van der Waals surface area contributed by atoms with Gasteiger partial charge in [-0.1, -0.05) is 6.07 Å². The predicted octanol–water partition coefficient (Wildman–Crippen LogP) is 2.33. The number of pyridine rings is 1. The van der Waals surface area contributed by atoms with Crippen LogP contribution in [0.4, 0.5) is 0 Å². The van der Waals surface area contributed by atoms with Gasteiger partial charge in [-0.3, -0.25) is 4.98 Å². The number of benzene rings is 1. The van der Waals surface area contributed by atoms with Crippen molar-refractivity contribution in [3.8, 4) is 17.2 Å². The number of rotatable bonds is 7. The molecule has 0 atom stereocenters. The smallest absolute Gasteiger partial charge is 0.189 e. The summed E-state index contributed by atoms with van der Waals surface area (Å²) in [5.74, 6) is 2.54. The minimum Gasteiger partial charge on any atom is -0.496 e. The molecule has 1 aromatic carbocycles. The van der Waals surface area contributed by atoms with Crippen molar-refractivity contribution < 1.29 is 14.2 Å². The SMILES string of the molecule is COc1ccc(CN=C(N)NCc2ncc(C)c(OC)c2C)cc1OC. The topological polar surface area (TPSA) is 91.0 Å². The van der Waals surface area contributed by atoms with Crippen LogP contribution >= 0.6 is 0 Å². The van der Waals surface area contributed by atoms with Crippen molar-refractivity contribution in [1.82, 2.24) is 10.3 Å². The number of aromatic nitrogens is 1. The molecule has 0 spiro atoms. The zero-order valence-electron chi connectivity index (χ0n) is 15.9. The monoisotopic (exact) mass is 358 g/mol. The molecule has 0 fully saturated rings. The molecule has 140 valence electrons. The van der Waals surface area contributed by atoms with Crippen LogP contribution in [0, 0.1) is 13.8 Å². The zero-order valence-corrected chi connectivity index (χ0v) is 15.9. The Labute approximate surface area is 154 Å². The van der Waals surface area contributed by atoms with Crippen molar-refractivity contribution in [2.45, 2.75) is 26.9 Å². The van der Waals surface area contributed by atoms with Gasteiger partial charge in [0, 0.05) is 17.3 Å². The van der Waals surface area contributed by atoms with E-state index in [4.69, 9.17) is 19.9 Å². The number of nitrogens with zero attached hydrogens (tertiary/aromatic N) is 2. The van der Waals surface area contributed by atoms with E-state index in [1.165, 1.54) is 0 Å². The molecule has 0 amide bonds. The summed E-state index contributed by atoms with van der Waals surface area (Å²) in [6.07, 6.45) is 1.79. The minimum atomic E-state index is 0.348. The van der Waals surface area contributed by atoms with Gasteiger partial charge in [0.1, 0.15) is 5.75 Å². The number of ether oxygens (including phenoxy) is 3. The highest BCUT2D eigenvalue weighted by Gasteiger charge is 2.09. The lowest BCUT2D eigenvalue weighted by Gasteiger charge is -2.13. The van der Waals surface area contributed by atoms with E-state index in [-0.39, 0.29) is 0 Å². The Bertz CT molecular complexity index is 791. The minimum absolute atomic E-state index is 0.348. The van der Waals surface area contributed by atoms with E-state index >= 15 is 0 Å². The van der Waals surface area contributed by atoms with E-state index < -0.39 is 0 Å². The van der Waals surface area contributed by atoms with E-state index in [9.17, 15) is 0 Å². The molecule has 2 rings (SSSR count). The molecule has 0 bridgehead atoms. The highest BCUT2D eigenvalue weighted by molar-refractivity contribution is 5.77. The first-order valence-corrected chi connectivity index (χ1v) is 8.23. The summed E-state index contributed by atoms with van der Waals surface area (Å²) < 4.78 is 15.9. The lowest BCUT2D eigenvalue weighted by atomic mass is 10.1. The highest BCUT2D eigenvalue weighted by atomic mass is 16.5. The Kier molecular flexibility index (Phi) is 6.66. The van der Waals surface area contributed by atoms with Crippen LogP contribution < -0.4 is 25.3 Å².